The molecule has 0 saturated heterocycles. The molecule has 3 aromatic heterocycles. The quantitative estimate of drug-likeness (QED) is 0.558. The van der Waals surface area contributed by atoms with Crippen molar-refractivity contribution in [2.24, 2.45) is 0 Å². The van der Waals surface area contributed by atoms with Crippen LogP contribution >= 0.6 is 11.6 Å². The molecule has 0 fully saturated rings. The molecular formula is C20H18ClN5O. The molecule has 0 unspecified atom stereocenters. The minimum atomic E-state index is -0.307. The van der Waals surface area contributed by atoms with Crippen molar-refractivity contribution in [3.05, 3.63) is 93.8 Å². The van der Waals surface area contributed by atoms with Gasteiger partial charge in [0.25, 0.3) is 5.56 Å². The molecule has 0 saturated carbocycles. The molecule has 0 bridgehead atoms. The van der Waals surface area contributed by atoms with E-state index in [1.165, 1.54) is 4.68 Å². The van der Waals surface area contributed by atoms with Crippen LogP contribution < -0.4 is 10.9 Å². The Bertz CT molecular complexity index is 1090. The van der Waals surface area contributed by atoms with E-state index in [1.54, 1.807) is 6.20 Å². The molecule has 7 heteroatoms. The number of nitrogens with one attached hydrogen (secondary N) is 1. The molecule has 3 heterocycles. The summed E-state index contributed by atoms with van der Waals surface area (Å²) in [7, 11) is 0. The first kappa shape index (κ1) is 17.3. The second-order valence-electron chi connectivity index (χ2n) is 6.20. The maximum Gasteiger partial charge on any atom is 0.287 e. The van der Waals surface area contributed by atoms with Gasteiger partial charge in [0.2, 0.25) is 0 Å². The van der Waals surface area contributed by atoms with Crippen LogP contribution in [0.3, 0.4) is 0 Å². The van der Waals surface area contributed by atoms with Crippen LogP contribution in [0.5, 0.6) is 0 Å². The van der Waals surface area contributed by atoms with Crippen molar-refractivity contribution >= 4 is 22.9 Å². The molecule has 0 atom stereocenters. The Balaban J connectivity index is 1.43. The lowest BCUT2D eigenvalue weighted by Crippen LogP contribution is -2.25. The molecule has 136 valence electrons. The van der Waals surface area contributed by atoms with E-state index < -0.39 is 0 Å². The zero-order valence-electron chi connectivity index (χ0n) is 14.5. The van der Waals surface area contributed by atoms with Crippen molar-refractivity contribution in [1.29, 1.82) is 0 Å². The molecular weight excluding hydrogens is 362 g/mol. The smallest absolute Gasteiger partial charge is 0.287 e. The van der Waals surface area contributed by atoms with Crippen LogP contribution in [0.1, 0.15) is 11.3 Å². The highest BCUT2D eigenvalue weighted by molar-refractivity contribution is 6.32. The number of anilines is 1. The Morgan fingerprint density at radius 1 is 1.07 bits per heavy atom. The minimum Gasteiger partial charge on any atom is -0.382 e. The molecule has 0 spiro atoms. The summed E-state index contributed by atoms with van der Waals surface area (Å²) in [6.45, 7) is 0.994. The third-order valence-electron chi connectivity index (χ3n) is 4.27. The largest absolute Gasteiger partial charge is 0.382 e. The van der Waals surface area contributed by atoms with E-state index in [9.17, 15) is 4.79 Å². The molecule has 4 aromatic rings. The summed E-state index contributed by atoms with van der Waals surface area (Å²) in [5, 5.41) is 7.56. The zero-order valence-corrected chi connectivity index (χ0v) is 15.3. The van der Waals surface area contributed by atoms with E-state index in [0.717, 1.165) is 16.9 Å². The number of hydrogen-bond acceptors (Lipinski definition) is 4. The third-order valence-corrected chi connectivity index (χ3v) is 4.64. The van der Waals surface area contributed by atoms with E-state index >= 15 is 0 Å². The van der Waals surface area contributed by atoms with Crippen LogP contribution in [-0.4, -0.2) is 25.7 Å². The van der Waals surface area contributed by atoms with Gasteiger partial charge in [0.05, 0.1) is 24.1 Å². The number of nitrogens with zero attached hydrogens (tertiary/aromatic N) is 4. The van der Waals surface area contributed by atoms with Crippen LogP contribution in [0.2, 0.25) is 5.02 Å². The number of halogens is 1. The molecule has 6 nitrogen and oxygen atoms in total. The lowest BCUT2D eigenvalue weighted by Gasteiger charge is -2.10. The number of aromatic nitrogens is 4. The number of fused-ring (bicyclic) bond motifs is 1. The summed E-state index contributed by atoms with van der Waals surface area (Å²) in [5.41, 5.74) is 3.11. The van der Waals surface area contributed by atoms with Crippen LogP contribution in [0.25, 0.3) is 5.65 Å². The first-order chi connectivity index (χ1) is 13.2. The fraction of sp³-hybridized carbons (Fsp3) is 0.150. The molecule has 0 radical (unpaired) electrons. The Morgan fingerprint density at radius 2 is 1.89 bits per heavy atom. The van der Waals surface area contributed by atoms with Gasteiger partial charge in [-0.25, -0.2) is 9.67 Å². The van der Waals surface area contributed by atoms with Gasteiger partial charge in [-0.05, 0) is 17.7 Å². The fourth-order valence-corrected chi connectivity index (χ4v) is 3.10. The van der Waals surface area contributed by atoms with Crippen LogP contribution in [-0.2, 0) is 13.0 Å². The van der Waals surface area contributed by atoms with Gasteiger partial charge in [-0.1, -0.05) is 48.0 Å². The highest BCUT2D eigenvalue weighted by Crippen LogP contribution is 2.16. The van der Waals surface area contributed by atoms with Gasteiger partial charge >= 0.3 is 0 Å². The third kappa shape index (κ3) is 3.85. The fourth-order valence-electron chi connectivity index (χ4n) is 2.89. The average molecular weight is 380 g/mol. The first-order valence-corrected chi connectivity index (χ1v) is 9.04. The maximum atomic E-state index is 12.5. The van der Waals surface area contributed by atoms with E-state index in [0.29, 0.717) is 25.2 Å². The summed E-state index contributed by atoms with van der Waals surface area (Å²) in [6, 6.07) is 15.6. The van der Waals surface area contributed by atoms with E-state index in [4.69, 9.17) is 11.6 Å². The number of rotatable bonds is 6. The van der Waals surface area contributed by atoms with Crippen LogP contribution in [0, 0.1) is 0 Å². The second-order valence-corrected chi connectivity index (χ2v) is 6.57. The molecule has 0 aliphatic heterocycles. The van der Waals surface area contributed by atoms with Gasteiger partial charge in [-0.15, -0.1) is 0 Å². The maximum absolute atomic E-state index is 12.5. The van der Waals surface area contributed by atoms with Crippen molar-refractivity contribution in [2.45, 2.75) is 13.0 Å². The molecule has 4 rings (SSSR count). The summed E-state index contributed by atoms with van der Waals surface area (Å²) in [5.74, 6) is 0. The SMILES string of the molecule is O=c1c(Cl)c(NCCc2cn3ccccc3n2)cnn1Cc1ccccc1. The highest BCUT2D eigenvalue weighted by Gasteiger charge is 2.10. The lowest BCUT2D eigenvalue weighted by atomic mass is 10.2. The molecule has 0 amide bonds. The van der Waals surface area contributed by atoms with Gasteiger partial charge in [0, 0.05) is 25.4 Å². The van der Waals surface area contributed by atoms with Gasteiger partial charge in [0.15, 0.2) is 0 Å². The van der Waals surface area contributed by atoms with Crippen LogP contribution in [0.15, 0.2) is 71.9 Å². The number of benzene rings is 1. The second kappa shape index (κ2) is 7.63. The van der Waals surface area contributed by atoms with Crippen molar-refractivity contribution in [3.63, 3.8) is 0 Å². The Hall–Kier alpha value is -3.12. The van der Waals surface area contributed by atoms with Gasteiger partial charge in [-0.3, -0.25) is 4.79 Å². The normalized spacial score (nSPS) is 11.0. The highest BCUT2D eigenvalue weighted by atomic mass is 35.5. The first-order valence-electron chi connectivity index (χ1n) is 8.67. The van der Waals surface area contributed by atoms with E-state index in [-0.39, 0.29) is 10.6 Å². The molecule has 27 heavy (non-hydrogen) atoms. The van der Waals surface area contributed by atoms with Gasteiger partial charge in [0.1, 0.15) is 10.7 Å². The lowest BCUT2D eigenvalue weighted by molar-refractivity contribution is 0.640. The summed E-state index contributed by atoms with van der Waals surface area (Å²) < 4.78 is 3.35. The standard InChI is InChI=1S/C20H18ClN5O/c21-19-17(12-23-26(20(19)27)13-15-6-2-1-3-7-15)22-10-9-16-14-25-11-5-4-8-18(25)24-16/h1-8,11-12,14,22H,9-10,13H2. The molecule has 1 aromatic carbocycles. The minimum absolute atomic E-state index is 0.149. The van der Waals surface area contributed by atoms with E-state index in [2.05, 4.69) is 15.4 Å². The monoisotopic (exact) mass is 379 g/mol. The number of pyridine rings is 1. The van der Waals surface area contributed by atoms with Gasteiger partial charge < -0.3 is 9.72 Å². The zero-order chi connectivity index (χ0) is 18.6. The van der Waals surface area contributed by atoms with Crippen molar-refractivity contribution in [1.82, 2.24) is 19.2 Å². The number of imidazole rings is 1. The van der Waals surface area contributed by atoms with E-state index in [1.807, 2.05) is 65.3 Å². The van der Waals surface area contributed by atoms with Gasteiger partial charge in [-0.2, -0.15) is 5.10 Å². The average Bonchev–Trinajstić information content (AvgIpc) is 3.11. The Kier molecular flexibility index (Phi) is 4.89. The molecule has 0 aliphatic rings. The Labute approximate surface area is 161 Å². The predicted molar refractivity (Wildman–Crippen MR) is 106 cm³/mol. The van der Waals surface area contributed by atoms with Crippen LogP contribution in [0.4, 0.5) is 5.69 Å². The number of hydrogen-bond donors (Lipinski definition) is 1. The van der Waals surface area contributed by atoms with Crippen molar-refractivity contribution in [2.75, 3.05) is 11.9 Å². The molecule has 1 N–H and O–H groups in total. The molecule has 0 aliphatic carbocycles. The topological polar surface area (TPSA) is 64.2 Å². The summed E-state index contributed by atoms with van der Waals surface area (Å²) in [4.78, 5) is 17.0. The van der Waals surface area contributed by atoms with Crippen molar-refractivity contribution < 1.29 is 0 Å². The summed E-state index contributed by atoms with van der Waals surface area (Å²) in [6.07, 6.45) is 6.27. The van der Waals surface area contributed by atoms with Crippen molar-refractivity contribution in [3.8, 4) is 0 Å². The predicted octanol–water partition coefficient (Wildman–Crippen LogP) is 3.25. The summed E-state index contributed by atoms with van der Waals surface area (Å²) >= 11 is 6.26. The Morgan fingerprint density at radius 3 is 2.70 bits per heavy atom.